The Labute approximate surface area is 155 Å². The van der Waals surface area contributed by atoms with Crippen LogP contribution in [0.5, 0.6) is 0 Å². The van der Waals surface area contributed by atoms with Crippen LogP contribution in [0.1, 0.15) is 37.7 Å². The highest BCUT2D eigenvalue weighted by atomic mass is 16.3. The molecule has 0 atom stereocenters. The monoisotopic (exact) mass is 359 g/mol. The van der Waals surface area contributed by atoms with Gasteiger partial charge in [0.05, 0.1) is 5.60 Å². The number of amides is 3. The normalized spacial score (nSPS) is 19.7. The first-order valence-corrected chi connectivity index (χ1v) is 9.63. The Morgan fingerprint density at radius 2 is 1.88 bits per heavy atom. The smallest absolute Gasteiger partial charge is 0.317 e. The van der Waals surface area contributed by atoms with Crippen molar-refractivity contribution in [3.8, 4) is 0 Å². The third kappa shape index (κ3) is 4.97. The Morgan fingerprint density at radius 3 is 2.58 bits per heavy atom. The average Bonchev–Trinajstić information content (AvgIpc) is 3.08. The van der Waals surface area contributed by atoms with E-state index >= 15 is 0 Å². The van der Waals surface area contributed by atoms with Crippen molar-refractivity contribution in [2.75, 3.05) is 32.7 Å². The van der Waals surface area contributed by atoms with Gasteiger partial charge in [0.2, 0.25) is 5.91 Å². The second-order valence-electron chi connectivity index (χ2n) is 7.45. The van der Waals surface area contributed by atoms with Crippen LogP contribution in [0.15, 0.2) is 30.3 Å². The number of nitrogens with zero attached hydrogens (tertiary/aromatic N) is 2. The lowest BCUT2D eigenvalue weighted by atomic mass is 9.98. The first-order valence-electron chi connectivity index (χ1n) is 9.63. The van der Waals surface area contributed by atoms with Gasteiger partial charge < -0.3 is 20.2 Å². The molecule has 1 saturated carbocycles. The standard InChI is InChI=1S/C20H29N3O3/c24-18-16-23(19(25)21-12-11-20(26)9-4-5-10-20)15-14-22(18)13-8-17-6-2-1-3-7-17/h1-3,6-7,26H,4-5,8-16H2,(H,21,25). The molecule has 0 spiro atoms. The maximum atomic E-state index is 12.3. The zero-order chi connectivity index (χ0) is 18.4. The molecule has 1 saturated heterocycles. The van der Waals surface area contributed by atoms with Gasteiger partial charge in [0.25, 0.3) is 0 Å². The number of rotatable bonds is 6. The van der Waals surface area contributed by atoms with Crippen LogP contribution >= 0.6 is 0 Å². The third-order valence-corrected chi connectivity index (χ3v) is 5.52. The average molecular weight is 359 g/mol. The van der Waals surface area contributed by atoms with Crippen LogP contribution in [0, 0.1) is 0 Å². The number of nitrogens with one attached hydrogen (secondary N) is 1. The molecule has 3 rings (SSSR count). The topological polar surface area (TPSA) is 72.9 Å². The highest BCUT2D eigenvalue weighted by Gasteiger charge is 2.31. The first kappa shape index (κ1) is 18.7. The molecule has 3 amide bonds. The van der Waals surface area contributed by atoms with Crippen molar-refractivity contribution in [1.29, 1.82) is 0 Å². The molecule has 0 radical (unpaired) electrons. The largest absolute Gasteiger partial charge is 0.390 e. The van der Waals surface area contributed by atoms with Crippen molar-refractivity contribution in [2.45, 2.75) is 44.1 Å². The summed E-state index contributed by atoms with van der Waals surface area (Å²) in [5.41, 5.74) is 0.601. The van der Waals surface area contributed by atoms with E-state index in [9.17, 15) is 14.7 Å². The van der Waals surface area contributed by atoms with Gasteiger partial charge in [-0.05, 0) is 31.2 Å². The number of hydrogen-bond acceptors (Lipinski definition) is 3. The van der Waals surface area contributed by atoms with Crippen molar-refractivity contribution < 1.29 is 14.7 Å². The Bertz CT molecular complexity index is 614. The molecule has 26 heavy (non-hydrogen) atoms. The fourth-order valence-corrected chi connectivity index (χ4v) is 3.82. The van der Waals surface area contributed by atoms with Crippen molar-refractivity contribution in [3.63, 3.8) is 0 Å². The highest BCUT2D eigenvalue weighted by molar-refractivity contribution is 5.85. The van der Waals surface area contributed by atoms with Crippen LogP contribution in [0.3, 0.4) is 0 Å². The van der Waals surface area contributed by atoms with E-state index in [1.165, 1.54) is 5.56 Å². The van der Waals surface area contributed by atoms with Gasteiger partial charge in [-0.2, -0.15) is 0 Å². The Kier molecular flexibility index (Phi) is 6.14. The number of aliphatic hydroxyl groups is 1. The molecule has 2 aliphatic rings. The van der Waals surface area contributed by atoms with Gasteiger partial charge in [0.1, 0.15) is 6.54 Å². The lowest BCUT2D eigenvalue weighted by molar-refractivity contribution is -0.134. The fourth-order valence-electron chi connectivity index (χ4n) is 3.82. The number of piperazine rings is 1. The van der Waals surface area contributed by atoms with Crippen molar-refractivity contribution in [3.05, 3.63) is 35.9 Å². The van der Waals surface area contributed by atoms with Crippen LogP contribution < -0.4 is 5.32 Å². The molecule has 0 aromatic heterocycles. The molecule has 1 heterocycles. The summed E-state index contributed by atoms with van der Waals surface area (Å²) in [7, 11) is 0. The second-order valence-corrected chi connectivity index (χ2v) is 7.45. The minimum absolute atomic E-state index is 0.00301. The molecule has 2 N–H and O–H groups in total. The summed E-state index contributed by atoms with van der Waals surface area (Å²) < 4.78 is 0. The van der Waals surface area contributed by atoms with Gasteiger partial charge in [0, 0.05) is 26.2 Å². The summed E-state index contributed by atoms with van der Waals surface area (Å²) in [5, 5.41) is 13.2. The molecule has 142 valence electrons. The second kappa shape index (κ2) is 8.54. The van der Waals surface area contributed by atoms with Gasteiger partial charge in [-0.25, -0.2) is 4.79 Å². The van der Waals surface area contributed by atoms with E-state index in [1.54, 1.807) is 4.90 Å². The molecule has 1 aliphatic heterocycles. The third-order valence-electron chi connectivity index (χ3n) is 5.52. The Morgan fingerprint density at radius 1 is 1.15 bits per heavy atom. The van der Waals surface area contributed by atoms with E-state index in [4.69, 9.17) is 0 Å². The summed E-state index contributed by atoms with van der Waals surface area (Å²) >= 11 is 0. The fraction of sp³-hybridized carbons (Fsp3) is 0.600. The molecule has 0 bridgehead atoms. The maximum absolute atomic E-state index is 12.3. The predicted octanol–water partition coefficient (Wildman–Crippen LogP) is 1.78. The van der Waals surface area contributed by atoms with Crippen LogP contribution in [0.4, 0.5) is 4.79 Å². The van der Waals surface area contributed by atoms with Crippen molar-refractivity contribution in [2.24, 2.45) is 0 Å². The van der Waals surface area contributed by atoms with E-state index in [1.807, 2.05) is 23.1 Å². The van der Waals surface area contributed by atoms with Crippen LogP contribution in [0.25, 0.3) is 0 Å². The number of carbonyl (C=O) groups excluding carboxylic acids is 2. The molecule has 1 aromatic carbocycles. The van der Waals surface area contributed by atoms with E-state index in [0.29, 0.717) is 32.6 Å². The molecule has 1 aliphatic carbocycles. The Balaban J connectivity index is 1.38. The summed E-state index contributed by atoms with van der Waals surface area (Å²) in [6.45, 7) is 2.40. The molecular formula is C20H29N3O3. The predicted molar refractivity (Wildman–Crippen MR) is 99.7 cm³/mol. The SMILES string of the molecule is O=C1CN(C(=O)NCCC2(O)CCCC2)CCN1CCc1ccccc1. The van der Waals surface area contributed by atoms with Crippen molar-refractivity contribution >= 4 is 11.9 Å². The number of urea groups is 1. The summed E-state index contributed by atoms with van der Waals surface area (Å²) in [5.74, 6) is -0.00301. The Hall–Kier alpha value is -2.08. The summed E-state index contributed by atoms with van der Waals surface area (Å²) in [4.78, 5) is 28.0. The van der Waals surface area contributed by atoms with Gasteiger partial charge in [-0.15, -0.1) is 0 Å². The molecule has 1 aromatic rings. The molecule has 2 fully saturated rings. The number of benzene rings is 1. The zero-order valence-corrected chi connectivity index (χ0v) is 15.3. The molecular weight excluding hydrogens is 330 g/mol. The van der Waals surface area contributed by atoms with Gasteiger partial charge in [0.15, 0.2) is 0 Å². The van der Waals surface area contributed by atoms with E-state index < -0.39 is 5.60 Å². The van der Waals surface area contributed by atoms with Gasteiger partial charge >= 0.3 is 6.03 Å². The zero-order valence-electron chi connectivity index (χ0n) is 15.3. The quantitative estimate of drug-likeness (QED) is 0.813. The van der Waals surface area contributed by atoms with Crippen molar-refractivity contribution in [1.82, 2.24) is 15.1 Å². The molecule has 0 unspecified atom stereocenters. The first-order chi connectivity index (χ1) is 12.6. The molecule has 6 nitrogen and oxygen atoms in total. The summed E-state index contributed by atoms with van der Waals surface area (Å²) in [6, 6.07) is 9.90. The highest BCUT2D eigenvalue weighted by Crippen LogP contribution is 2.31. The van der Waals surface area contributed by atoms with Gasteiger partial charge in [-0.3, -0.25) is 4.79 Å². The minimum Gasteiger partial charge on any atom is -0.390 e. The van der Waals surface area contributed by atoms with E-state index in [2.05, 4.69) is 17.4 Å². The lowest BCUT2D eigenvalue weighted by Crippen LogP contribution is -2.55. The lowest BCUT2D eigenvalue weighted by Gasteiger charge is -2.34. The minimum atomic E-state index is -0.612. The van der Waals surface area contributed by atoms with Crippen LogP contribution in [-0.2, 0) is 11.2 Å². The number of hydrogen-bond donors (Lipinski definition) is 2. The van der Waals surface area contributed by atoms with E-state index in [0.717, 1.165) is 32.1 Å². The van der Waals surface area contributed by atoms with E-state index in [-0.39, 0.29) is 18.5 Å². The maximum Gasteiger partial charge on any atom is 0.317 e. The van der Waals surface area contributed by atoms with Gasteiger partial charge in [-0.1, -0.05) is 43.2 Å². The number of carbonyl (C=O) groups is 2. The van der Waals surface area contributed by atoms with Crippen LogP contribution in [0.2, 0.25) is 0 Å². The summed E-state index contributed by atoms with van der Waals surface area (Å²) in [6.07, 6.45) is 5.18. The molecule has 6 heteroatoms. The van der Waals surface area contributed by atoms with Crippen LogP contribution in [-0.4, -0.2) is 65.2 Å².